The molecule has 1 unspecified atom stereocenters. The van der Waals surface area contributed by atoms with Crippen molar-refractivity contribution in [1.82, 2.24) is 0 Å². The molecule has 0 aromatic heterocycles. The fourth-order valence-corrected chi connectivity index (χ4v) is 3.51. The molecule has 2 heterocycles. The molecule has 0 aliphatic carbocycles. The zero-order valence-electron chi connectivity index (χ0n) is 9.52. The van der Waals surface area contributed by atoms with Gasteiger partial charge in [0.15, 0.2) is 5.76 Å². The van der Waals surface area contributed by atoms with E-state index in [1.165, 1.54) is 4.90 Å². The molecule has 1 atom stereocenters. The van der Waals surface area contributed by atoms with Crippen molar-refractivity contribution in [3.8, 4) is 0 Å². The zero-order chi connectivity index (χ0) is 11.7. The number of carbonyl (C=O) groups excluding carboxylic acids is 1. The topological polar surface area (TPSA) is 26.3 Å². The Bertz CT molecular complexity index is 479. The molecular weight excluding hydrogens is 232 g/mol. The third kappa shape index (κ3) is 2.00. The van der Waals surface area contributed by atoms with Gasteiger partial charge in [-0.25, -0.2) is 0 Å². The van der Waals surface area contributed by atoms with Gasteiger partial charge >= 0.3 is 0 Å². The molecule has 3 rings (SSSR count). The van der Waals surface area contributed by atoms with Crippen molar-refractivity contribution in [2.75, 3.05) is 12.4 Å². The molecule has 0 radical (unpaired) electrons. The summed E-state index contributed by atoms with van der Waals surface area (Å²) in [5.74, 6) is 1.57. The molecule has 0 N–H and O–H groups in total. The minimum Gasteiger partial charge on any atom is -0.490 e. The van der Waals surface area contributed by atoms with Crippen LogP contribution in [0.5, 0.6) is 0 Å². The summed E-state index contributed by atoms with van der Waals surface area (Å²) in [6, 6.07) is 8.17. The fraction of sp³-hybridized carbons (Fsp3) is 0.357. The number of fused-ring (bicyclic) bond motifs is 1. The van der Waals surface area contributed by atoms with Crippen LogP contribution in [-0.2, 0) is 9.53 Å². The number of rotatable bonds is 2. The van der Waals surface area contributed by atoms with E-state index in [1.807, 2.05) is 18.2 Å². The minimum atomic E-state index is -0.0134. The first-order valence-electron chi connectivity index (χ1n) is 5.95. The van der Waals surface area contributed by atoms with Crippen LogP contribution in [0.3, 0.4) is 0 Å². The van der Waals surface area contributed by atoms with Gasteiger partial charge in [0.2, 0.25) is 5.78 Å². The number of hydrogen-bond donors (Lipinski definition) is 0. The molecule has 0 saturated carbocycles. The molecular formula is C14H14O2S. The lowest BCUT2D eigenvalue weighted by molar-refractivity contribution is -0.120. The van der Waals surface area contributed by atoms with E-state index in [2.05, 4.69) is 12.1 Å². The smallest absolute Gasteiger partial charge is 0.205 e. The van der Waals surface area contributed by atoms with Crippen molar-refractivity contribution in [1.29, 1.82) is 0 Å². The Labute approximate surface area is 105 Å². The summed E-state index contributed by atoms with van der Waals surface area (Å²) in [6.45, 7) is 0.680. The molecule has 1 aromatic carbocycles. The molecule has 2 aliphatic rings. The maximum atomic E-state index is 12.4. The number of allylic oxidation sites excluding steroid dienone is 2. The maximum absolute atomic E-state index is 12.4. The van der Waals surface area contributed by atoms with E-state index < -0.39 is 0 Å². The van der Waals surface area contributed by atoms with Gasteiger partial charge in [0.05, 0.1) is 12.5 Å². The van der Waals surface area contributed by atoms with Crippen LogP contribution in [0.25, 0.3) is 0 Å². The average molecular weight is 246 g/mol. The largest absolute Gasteiger partial charge is 0.490 e. The Kier molecular flexibility index (Phi) is 2.93. The normalized spacial score (nSPS) is 22.6. The molecule has 2 nitrogen and oxygen atoms in total. The van der Waals surface area contributed by atoms with Gasteiger partial charge in [-0.2, -0.15) is 0 Å². The van der Waals surface area contributed by atoms with Crippen LogP contribution in [0.2, 0.25) is 0 Å². The summed E-state index contributed by atoms with van der Waals surface area (Å²) < 4.78 is 5.47. The third-order valence-electron chi connectivity index (χ3n) is 3.20. The van der Waals surface area contributed by atoms with Crippen LogP contribution >= 0.6 is 11.8 Å². The summed E-state index contributed by atoms with van der Waals surface area (Å²) in [5, 5.41) is 0. The van der Waals surface area contributed by atoms with Gasteiger partial charge in [0.25, 0.3) is 0 Å². The molecule has 0 amide bonds. The SMILES string of the molecule is O=C(C1=CCCCO1)C1CSc2ccccc21. The van der Waals surface area contributed by atoms with Crippen molar-refractivity contribution in [3.05, 3.63) is 41.7 Å². The van der Waals surface area contributed by atoms with Gasteiger partial charge in [-0.1, -0.05) is 18.2 Å². The fourth-order valence-electron chi connectivity index (χ4n) is 2.28. The summed E-state index contributed by atoms with van der Waals surface area (Å²) in [7, 11) is 0. The second-order valence-electron chi connectivity index (χ2n) is 4.32. The molecule has 0 saturated heterocycles. The van der Waals surface area contributed by atoms with Gasteiger partial charge in [-0.15, -0.1) is 11.8 Å². The second-order valence-corrected chi connectivity index (χ2v) is 5.39. The highest BCUT2D eigenvalue weighted by Crippen LogP contribution is 2.41. The number of thioether (sulfide) groups is 1. The Balaban J connectivity index is 1.87. The van der Waals surface area contributed by atoms with Gasteiger partial charge in [-0.05, 0) is 30.5 Å². The number of carbonyl (C=O) groups is 1. The number of ether oxygens (including phenoxy) is 1. The highest BCUT2D eigenvalue weighted by molar-refractivity contribution is 7.99. The van der Waals surface area contributed by atoms with Crippen LogP contribution < -0.4 is 0 Å². The van der Waals surface area contributed by atoms with Gasteiger partial charge in [0, 0.05) is 10.6 Å². The van der Waals surface area contributed by atoms with Crippen LogP contribution in [0.1, 0.15) is 24.3 Å². The lowest BCUT2D eigenvalue weighted by Gasteiger charge is -2.17. The lowest BCUT2D eigenvalue weighted by Crippen LogP contribution is -2.18. The van der Waals surface area contributed by atoms with Crippen molar-refractivity contribution >= 4 is 17.5 Å². The molecule has 0 fully saturated rings. The maximum Gasteiger partial charge on any atom is 0.205 e. The summed E-state index contributed by atoms with van der Waals surface area (Å²) in [5.41, 5.74) is 1.16. The van der Waals surface area contributed by atoms with E-state index in [0.717, 1.165) is 24.2 Å². The molecule has 1 aromatic rings. The van der Waals surface area contributed by atoms with E-state index in [-0.39, 0.29) is 11.7 Å². The molecule has 0 bridgehead atoms. The van der Waals surface area contributed by atoms with Crippen LogP contribution in [0.15, 0.2) is 41.0 Å². The highest BCUT2D eigenvalue weighted by Gasteiger charge is 2.31. The number of ketones is 1. The highest BCUT2D eigenvalue weighted by atomic mass is 32.2. The van der Waals surface area contributed by atoms with E-state index in [1.54, 1.807) is 11.8 Å². The Morgan fingerprint density at radius 1 is 1.35 bits per heavy atom. The zero-order valence-corrected chi connectivity index (χ0v) is 10.3. The predicted octanol–water partition coefficient (Wildman–Crippen LogP) is 3.14. The molecule has 0 spiro atoms. The molecule has 3 heteroatoms. The number of benzene rings is 1. The first-order valence-corrected chi connectivity index (χ1v) is 6.94. The van der Waals surface area contributed by atoms with Crippen LogP contribution in [0, 0.1) is 0 Å². The van der Waals surface area contributed by atoms with Crippen molar-refractivity contribution in [3.63, 3.8) is 0 Å². The summed E-state index contributed by atoms with van der Waals surface area (Å²) >= 11 is 1.76. The Morgan fingerprint density at radius 2 is 2.24 bits per heavy atom. The van der Waals surface area contributed by atoms with E-state index >= 15 is 0 Å². The predicted molar refractivity (Wildman–Crippen MR) is 68.2 cm³/mol. The van der Waals surface area contributed by atoms with E-state index in [0.29, 0.717) is 12.4 Å². The quantitative estimate of drug-likeness (QED) is 0.802. The third-order valence-corrected chi connectivity index (χ3v) is 4.38. The second kappa shape index (κ2) is 4.57. The molecule has 88 valence electrons. The number of Topliss-reactive ketones (excluding diaryl/α,β-unsaturated/α-hetero) is 1. The van der Waals surface area contributed by atoms with Crippen LogP contribution in [-0.4, -0.2) is 18.1 Å². The standard InChI is InChI=1S/C14H14O2S/c15-14(12-6-3-4-8-16-12)11-9-17-13-7-2-1-5-10(11)13/h1-2,5-7,11H,3-4,8-9H2. The van der Waals surface area contributed by atoms with E-state index in [4.69, 9.17) is 4.74 Å². The first kappa shape index (κ1) is 10.9. The monoisotopic (exact) mass is 246 g/mol. The van der Waals surface area contributed by atoms with Crippen molar-refractivity contribution in [2.24, 2.45) is 0 Å². The Morgan fingerprint density at radius 3 is 3.06 bits per heavy atom. The molecule has 2 aliphatic heterocycles. The van der Waals surface area contributed by atoms with Gasteiger partial charge in [-0.3, -0.25) is 4.79 Å². The number of hydrogen-bond acceptors (Lipinski definition) is 3. The van der Waals surface area contributed by atoms with Crippen LogP contribution in [0.4, 0.5) is 0 Å². The van der Waals surface area contributed by atoms with Crippen molar-refractivity contribution < 1.29 is 9.53 Å². The van der Waals surface area contributed by atoms with Gasteiger partial charge < -0.3 is 4.74 Å². The lowest BCUT2D eigenvalue weighted by atomic mass is 9.95. The molecule has 17 heavy (non-hydrogen) atoms. The Hall–Kier alpha value is -1.22. The first-order chi connectivity index (χ1) is 8.36. The van der Waals surface area contributed by atoms with Crippen molar-refractivity contribution in [2.45, 2.75) is 23.7 Å². The summed E-state index contributed by atoms with van der Waals surface area (Å²) in [4.78, 5) is 13.6. The summed E-state index contributed by atoms with van der Waals surface area (Å²) in [6.07, 6.45) is 3.92. The van der Waals surface area contributed by atoms with Gasteiger partial charge in [0.1, 0.15) is 0 Å². The average Bonchev–Trinajstić information content (AvgIpc) is 2.83. The van der Waals surface area contributed by atoms with E-state index in [9.17, 15) is 4.79 Å². The minimum absolute atomic E-state index is 0.0134.